The van der Waals surface area contributed by atoms with Crippen molar-refractivity contribution >= 4 is 46.8 Å². The molecule has 0 aliphatic carbocycles. The molecule has 3 aliphatic heterocycles. The highest BCUT2D eigenvalue weighted by Gasteiger charge is 2.78. The summed E-state index contributed by atoms with van der Waals surface area (Å²) in [7, 11) is 0. The van der Waals surface area contributed by atoms with Crippen molar-refractivity contribution in [3.63, 3.8) is 0 Å². The summed E-state index contributed by atoms with van der Waals surface area (Å²) in [6.45, 7) is 3.66. The third kappa shape index (κ3) is 4.23. The van der Waals surface area contributed by atoms with Gasteiger partial charge in [0.15, 0.2) is 0 Å². The predicted octanol–water partition coefficient (Wildman–Crippen LogP) is 3.93. The van der Waals surface area contributed by atoms with Crippen molar-refractivity contribution in [2.75, 3.05) is 18.5 Å². The normalized spacial score (nSPS) is 30.8. The van der Waals surface area contributed by atoms with Crippen LogP contribution < -0.4 is 5.32 Å². The predicted molar refractivity (Wildman–Crippen MR) is 143 cm³/mol. The first-order chi connectivity index (χ1) is 17.8. The Morgan fingerprint density at radius 1 is 1.19 bits per heavy atom. The fourth-order valence-corrected chi connectivity index (χ4v) is 9.06. The van der Waals surface area contributed by atoms with Gasteiger partial charge in [0, 0.05) is 4.75 Å². The monoisotopic (exact) mass is 542 g/mol. The highest BCUT2D eigenvalue weighted by atomic mass is 35.5. The minimum Gasteiger partial charge on any atom is -0.466 e. The molecule has 2 aromatic carbocycles. The van der Waals surface area contributed by atoms with Crippen molar-refractivity contribution in [3.8, 4) is 0 Å². The Hall–Kier alpha value is -2.55. The average Bonchev–Trinajstić information content (AvgIpc) is 3.45. The van der Waals surface area contributed by atoms with Gasteiger partial charge >= 0.3 is 5.97 Å². The number of hydrogen-bond donors (Lipinski definition) is 2. The second-order valence-electron chi connectivity index (χ2n) is 10.2. The van der Waals surface area contributed by atoms with Gasteiger partial charge in [-0.2, -0.15) is 0 Å². The number of halogens is 1. The number of rotatable bonds is 8. The molecule has 9 heteroatoms. The molecule has 3 heterocycles. The van der Waals surface area contributed by atoms with Crippen LogP contribution >= 0.6 is 23.4 Å². The molecule has 37 heavy (non-hydrogen) atoms. The van der Waals surface area contributed by atoms with Gasteiger partial charge in [0.2, 0.25) is 11.8 Å². The van der Waals surface area contributed by atoms with Gasteiger partial charge in [0.1, 0.15) is 6.04 Å². The number of thioether (sulfide) groups is 1. The fourth-order valence-electron chi connectivity index (χ4n) is 6.55. The van der Waals surface area contributed by atoms with Crippen molar-refractivity contribution in [1.82, 2.24) is 4.90 Å². The van der Waals surface area contributed by atoms with E-state index in [1.54, 1.807) is 47.9 Å². The number of carbonyl (C=O) groups is 3. The second kappa shape index (κ2) is 9.97. The average molecular weight is 543 g/mol. The number of hydrogen-bond acceptors (Lipinski definition) is 6. The van der Waals surface area contributed by atoms with Crippen LogP contribution in [0.15, 0.2) is 54.6 Å². The summed E-state index contributed by atoms with van der Waals surface area (Å²) in [6.07, 6.45) is 1.69. The van der Waals surface area contributed by atoms with Crippen molar-refractivity contribution < 1.29 is 24.2 Å². The Balaban J connectivity index is 1.58. The largest absolute Gasteiger partial charge is 0.466 e. The molecule has 0 aromatic heterocycles. The Bertz CT molecular complexity index is 1210. The van der Waals surface area contributed by atoms with Crippen molar-refractivity contribution in [1.29, 1.82) is 0 Å². The number of nitrogens with one attached hydrogen (secondary N) is 1. The number of nitrogens with zero attached hydrogens (tertiary/aromatic N) is 1. The van der Waals surface area contributed by atoms with Crippen LogP contribution in [0.1, 0.15) is 32.3 Å². The van der Waals surface area contributed by atoms with E-state index in [1.807, 2.05) is 37.3 Å². The number of esters is 1. The van der Waals surface area contributed by atoms with Crippen LogP contribution in [0.5, 0.6) is 0 Å². The molecular weight excluding hydrogens is 512 g/mol. The molecule has 2 aromatic rings. The van der Waals surface area contributed by atoms with Crippen LogP contribution in [0.3, 0.4) is 0 Å². The van der Waals surface area contributed by atoms with Gasteiger partial charge in [-0.1, -0.05) is 54.1 Å². The number of likely N-dealkylation sites (tertiary alicyclic amines) is 1. The summed E-state index contributed by atoms with van der Waals surface area (Å²) >= 11 is 7.91. The first-order valence-corrected chi connectivity index (χ1v) is 13.8. The van der Waals surface area contributed by atoms with E-state index in [1.165, 1.54) is 0 Å². The zero-order chi connectivity index (χ0) is 26.4. The van der Waals surface area contributed by atoms with E-state index in [-0.39, 0.29) is 25.0 Å². The van der Waals surface area contributed by atoms with Crippen LogP contribution in [0.4, 0.5) is 5.69 Å². The molecular formula is C28H31ClN2O5S. The van der Waals surface area contributed by atoms with Crippen LogP contribution in [-0.2, 0) is 25.5 Å². The van der Waals surface area contributed by atoms with Crippen molar-refractivity contribution in [2.45, 2.75) is 54.7 Å². The maximum atomic E-state index is 14.2. The molecule has 5 rings (SSSR count). The lowest BCUT2D eigenvalue weighted by Gasteiger charge is -2.37. The molecule has 2 unspecified atom stereocenters. The number of aliphatic hydroxyl groups excluding tert-OH is 1. The smallest absolute Gasteiger partial charge is 0.311 e. The molecule has 7 nitrogen and oxygen atoms in total. The third-order valence-electron chi connectivity index (χ3n) is 8.05. The number of fused-ring (bicyclic) bond motifs is 1. The standard InChI is InChI=1S/C28H31ClN2O5S/c1-3-36-26(35)22-21-25(34)31(18(16-32)15-17-9-5-4-6-10-17)23(28(21)14-13-27(22,2)37-28)24(33)30-20-12-8-7-11-19(20)29/h4-12,18,21-23,32H,3,13-16H2,1-2H3,(H,30,33)/t18-,21+,22-,23?,27+,28?/m1/s1. The van der Waals surface area contributed by atoms with Crippen molar-refractivity contribution in [2.24, 2.45) is 11.8 Å². The van der Waals surface area contributed by atoms with Crippen LogP contribution in [0, 0.1) is 11.8 Å². The van der Waals surface area contributed by atoms with E-state index in [2.05, 4.69) is 5.32 Å². The maximum Gasteiger partial charge on any atom is 0.311 e. The first kappa shape index (κ1) is 26.1. The highest BCUT2D eigenvalue weighted by molar-refractivity contribution is 8.02. The fraction of sp³-hybridized carbons (Fsp3) is 0.464. The summed E-state index contributed by atoms with van der Waals surface area (Å²) in [5, 5.41) is 13.8. The maximum absolute atomic E-state index is 14.2. The van der Waals surface area contributed by atoms with Crippen LogP contribution in [-0.4, -0.2) is 62.6 Å². The van der Waals surface area contributed by atoms with Gasteiger partial charge in [-0.05, 0) is 50.8 Å². The molecule has 6 atom stereocenters. The van der Waals surface area contributed by atoms with E-state index < -0.39 is 39.4 Å². The molecule has 0 saturated carbocycles. The zero-order valence-electron chi connectivity index (χ0n) is 20.9. The van der Waals surface area contributed by atoms with E-state index >= 15 is 0 Å². The topological polar surface area (TPSA) is 95.9 Å². The molecule has 3 saturated heterocycles. The molecule has 2 bridgehead atoms. The minimum atomic E-state index is -0.881. The molecule has 0 radical (unpaired) electrons. The van der Waals surface area contributed by atoms with Gasteiger partial charge in [0.25, 0.3) is 0 Å². The number of anilines is 1. The third-order valence-corrected chi connectivity index (χ3v) is 10.4. The summed E-state index contributed by atoms with van der Waals surface area (Å²) in [4.78, 5) is 43.0. The molecule has 3 aliphatic rings. The van der Waals surface area contributed by atoms with E-state index in [0.717, 1.165) is 5.56 Å². The molecule has 2 N–H and O–H groups in total. The molecule has 3 fully saturated rings. The molecule has 196 valence electrons. The number of ether oxygens (including phenoxy) is 1. The highest BCUT2D eigenvalue weighted by Crippen LogP contribution is 2.71. The Morgan fingerprint density at radius 2 is 1.89 bits per heavy atom. The van der Waals surface area contributed by atoms with Gasteiger partial charge in [-0.3, -0.25) is 14.4 Å². The van der Waals surface area contributed by atoms with Gasteiger partial charge in [-0.25, -0.2) is 0 Å². The lowest BCUT2D eigenvalue weighted by atomic mass is 9.66. The van der Waals surface area contributed by atoms with Gasteiger partial charge < -0.3 is 20.1 Å². The summed E-state index contributed by atoms with van der Waals surface area (Å²) in [5.41, 5.74) is 1.40. The number of benzene rings is 2. The Labute approximate surface area is 225 Å². The Kier molecular flexibility index (Phi) is 7.02. The molecule has 2 amide bonds. The number of aliphatic hydroxyl groups is 1. The van der Waals surface area contributed by atoms with E-state index in [9.17, 15) is 19.5 Å². The van der Waals surface area contributed by atoms with Gasteiger partial charge in [0.05, 0.1) is 46.5 Å². The summed E-state index contributed by atoms with van der Waals surface area (Å²) < 4.78 is 4.12. The summed E-state index contributed by atoms with van der Waals surface area (Å²) in [5.74, 6) is -2.40. The first-order valence-electron chi connectivity index (χ1n) is 12.6. The number of carbonyl (C=O) groups excluding carboxylic acids is 3. The SMILES string of the molecule is CCOC(=O)[C@H]1[C@H]2C(=O)N([C@@H](CO)Cc3ccccc3)C(C(=O)Nc3ccccc3Cl)C23CC[C@]1(C)S3. The minimum absolute atomic E-state index is 0.220. The number of amides is 2. The number of para-hydroxylation sites is 1. The van der Waals surface area contributed by atoms with Crippen LogP contribution in [0.2, 0.25) is 5.02 Å². The van der Waals surface area contributed by atoms with Gasteiger partial charge in [-0.15, -0.1) is 11.8 Å². The van der Waals surface area contributed by atoms with E-state index in [4.69, 9.17) is 16.3 Å². The quantitative estimate of drug-likeness (QED) is 0.491. The zero-order valence-corrected chi connectivity index (χ0v) is 22.4. The summed E-state index contributed by atoms with van der Waals surface area (Å²) in [6, 6.07) is 15.0. The Morgan fingerprint density at radius 3 is 2.57 bits per heavy atom. The van der Waals surface area contributed by atoms with E-state index in [0.29, 0.717) is 30.0 Å². The lowest BCUT2D eigenvalue weighted by Crippen LogP contribution is -2.55. The van der Waals surface area contributed by atoms with Crippen molar-refractivity contribution in [3.05, 3.63) is 65.2 Å². The van der Waals surface area contributed by atoms with Crippen LogP contribution in [0.25, 0.3) is 0 Å². The molecule has 1 spiro atoms. The second-order valence-corrected chi connectivity index (χ2v) is 12.5. The lowest BCUT2D eigenvalue weighted by molar-refractivity contribution is -0.155.